The third-order valence-corrected chi connectivity index (χ3v) is 4.44. The van der Waals surface area contributed by atoms with Gasteiger partial charge in [-0.3, -0.25) is 9.59 Å². The van der Waals surface area contributed by atoms with E-state index in [4.69, 9.17) is 0 Å². The van der Waals surface area contributed by atoms with E-state index in [9.17, 15) is 9.59 Å². The Morgan fingerprint density at radius 2 is 2.10 bits per heavy atom. The van der Waals surface area contributed by atoms with Crippen LogP contribution < -0.4 is 4.90 Å². The van der Waals surface area contributed by atoms with Gasteiger partial charge in [-0.25, -0.2) is 0 Å². The van der Waals surface area contributed by atoms with Crippen LogP contribution in [-0.2, 0) is 4.79 Å². The summed E-state index contributed by atoms with van der Waals surface area (Å²) < 4.78 is 0. The third kappa shape index (κ3) is 3.40. The lowest BCUT2D eigenvalue weighted by molar-refractivity contribution is -0.117. The number of benzene rings is 1. The highest BCUT2D eigenvalue weighted by Crippen LogP contribution is 2.26. The van der Waals surface area contributed by atoms with Crippen molar-refractivity contribution in [2.75, 3.05) is 30.3 Å². The van der Waals surface area contributed by atoms with Crippen molar-refractivity contribution in [3.8, 4) is 0 Å². The van der Waals surface area contributed by atoms with E-state index in [0.29, 0.717) is 43.3 Å². The molecule has 5 heteroatoms. The van der Waals surface area contributed by atoms with Crippen molar-refractivity contribution >= 4 is 30.1 Å². The summed E-state index contributed by atoms with van der Waals surface area (Å²) in [6.45, 7) is 5.98. The van der Waals surface area contributed by atoms with Gasteiger partial charge in [0, 0.05) is 37.3 Å². The van der Waals surface area contributed by atoms with Crippen LogP contribution in [0, 0.1) is 5.92 Å². The molecule has 0 aliphatic carbocycles. The van der Waals surface area contributed by atoms with E-state index in [1.54, 1.807) is 15.9 Å². The van der Waals surface area contributed by atoms with Gasteiger partial charge < -0.3 is 9.80 Å². The van der Waals surface area contributed by atoms with Crippen LogP contribution in [0.3, 0.4) is 0 Å². The molecule has 0 radical (unpaired) electrons. The van der Waals surface area contributed by atoms with E-state index in [-0.39, 0.29) is 11.8 Å². The predicted molar refractivity (Wildman–Crippen MR) is 88.0 cm³/mol. The molecule has 1 aliphatic rings. The molecule has 0 bridgehead atoms. The van der Waals surface area contributed by atoms with Crippen LogP contribution in [0.4, 0.5) is 5.69 Å². The zero-order chi connectivity index (χ0) is 15.4. The lowest BCUT2D eigenvalue weighted by Crippen LogP contribution is -2.31. The Balaban J connectivity index is 2.22. The molecule has 2 amide bonds. The van der Waals surface area contributed by atoms with E-state index in [1.165, 1.54) is 0 Å². The molecule has 1 aliphatic heterocycles. The van der Waals surface area contributed by atoms with Crippen molar-refractivity contribution in [1.82, 2.24) is 4.90 Å². The average molecular weight is 306 g/mol. The molecule has 1 atom stereocenters. The molecule has 0 aromatic heterocycles. The summed E-state index contributed by atoms with van der Waals surface area (Å²) >= 11 is 4.27. The minimum Gasteiger partial charge on any atom is -0.339 e. The van der Waals surface area contributed by atoms with Crippen molar-refractivity contribution in [3.63, 3.8) is 0 Å². The molecule has 0 N–H and O–H groups in total. The van der Waals surface area contributed by atoms with Crippen molar-refractivity contribution in [1.29, 1.82) is 0 Å². The van der Waals surface area contributed by atoms with Gasteiger partial charge in [0.25, 0.3) is 5.91 Å². The number of nitrogens with zero attached hydrogens (tertiary/aromatic N) is 2. The molecular formula is C16H22N2O2S. The quantitative estimate of drug-likeness (QED) is 0.849. The summed E-state index contributed by atoms with van der Waals surface area (Å²) in [7, 11) is 0. The second kappa shape index (κ2) is 6.98. The molecule has 1 aromatic rings. The summed E-state index contributed by atoms with van der Waals surface area (Å²) in [5, 5.41) is 0. The van der Waals surface area contributed by atoms with Crippen molar-refractivity contribution in [3.05, 3.63) is 29.8 Å². The normalized spacial score (nSPS) is 18.1. The van der Waals surface area contributed by atoms with Gasteiger partial charge in [0.05, 0.1) is 0 Å². The predicted octanol–water partition coefficient (Wildman–Crippen LogP) is 2.45. The monoisotopic (exact) mass is 306 g/mol. The molecule has 0 spiro atoms. The molecule has 1 unspecified atom stereocenters. The van der Waals surface area contributed by atoms with Crippen LogP contribution in [0.2, 0.25) is 0 Å². The van der Waals surface area contributed by atoms with Crippen LogP contribution in [0.1, 0.15) is 30.6 Å². The summed E-state index contributed by atoms with van der Waals surface area (Å²) in [4.78, 5) is 28.0. The van der Waals surface area contributed by atoms with Crippen LogP contribution in [0.5, 0.6) is 0 Å². The van der Waals surface area contributed by atoms with Gasteiger partial charge in [0.15, 0.2) is 0 Å². The van der Waals surface area contributed by atoms with Gasteiger partial charge in [0.2, 0.25) is 5.91 Å². The number of rotatable bonds is 5. The Bertz CT molecular complexity index is 529. The van der Waals surface area contributed by atoms with E-state index in [0.717, 1.165) is 5.69 Å². The molecule has 1 fully saturated rings. The summed E-state index contributed by atoms with van der Waals surface area (Å²) in [5.74, 6) is 1.13. The zero-order valence-corrected chi connectivity index (χ0v) is 13.5. The maximum atomic E-state index is 12.4. The van der Waals surface area contributed by atoms with E-state index < -0.39 is 0 Å². The molecule has 21 heavy (non-hydrogen) atoms. The number of amides is 2. The van der Waals surface area contributed by atoms with Gasteiger partial charge in [-0.15, -0.1) is 0 Å². The summed E-state index contributed by atoms with van der Waals surface area (Å²) in [5.41, 5.74) is 1.45. The molecule has 1 aromatic carbocycles. The van der Waals surface area contributed by atoms with Gasteiger partial charge >= 0.3 is 0 Å². The maximum Gasteiger partial charge on any atom is 0.253 e. The van der Waals surface area contributed by atoms with E-state index in [1.807, 2.05) is 32.0 Å². The first kappa shape index (κ1) is 15.9. The first-order chi connectivity index (χ1) is 10.1. The van der Waals surface area contributed by atoms with E-state index >= 15 is 0 Å². The first-order valence-corrected chi connectivity index (χ1v) is 8.04. The minimum atomic E-state index is 0.0132. The second-order valence-corrected chi connectivity index (χ2v) is 5.65. The Morgan fingerprint density at radius 3 is 2.67 bits per heavy atom. The zero-order valence-electron chi connectivity index (χ0n) is 12.6. The minimum absolute atomic E-state index is 0.0132. The van der Waals surface area contributed by atoms with Crippen LogP contribution in [0.15, 0.2) is 24.3 Å². The molecular weight excluding hydrogens is 284 g/mol. The summed E-state index contributed by atoms with van der Waals surface area (Å²) in [6, 6.07) is 7.35. The SMILES string of the molecule is CCN(CC)C(=O)c1cccc(N2CC(CS)CC2=O)c1. The highest BCUT2D eigenvalue weighted by atomic mass is 32.1. The number of hydrogen-bond donors (Lipinski definition) is 1. The molecule has 1 heterocycles. The standard InChI is InChI=1S/C16H22N2O2S/c1-3-17(4-2)16(20)13-6-5-7-14(9-13)18-10-12(11-21)8-15(18)19/h5-7,9,12,21H,3-4,8,10-11H2,1-2H3. The smallest absolute Gasteiger partial charge is 0.253 e. The fraction of sp³-hybridized carbons (Fsp3) is 0.500. The average Bonchev–Trinajstić information content (AvgIpc) is 2.89. The lowest BCUT2D eigenvalue weighted by Gasteiger charge is -2.21. The maximum absolute atomic E-state index is 12.4. The van der Waals surface area contributed by atoms with Crippen LogP contribution in [0.25, 0.3) is 0 Å². The third-order valence-electron chi connectivity index (χ3n) is 3.92. The first-order valence-electron chi connectivity index (χ1n) is 7.41. The van der Waals surface area contributed by atoms with Gasteiger partial charge in [-0.2, -0.15) is 12.6 Å². The topological polar surface area (TPSA) is 40.6 Å². The highest BCUT2D eigenvalue weighted by molar-refractivity contribution is 7.80. The molecule has 2 rings (SSSR count). The number of carbonyl (C=O) groups excluding carboxylic acids is 2. The number of hydrogen-bond acceptors (Lipinski definition) is 3. The molecule has 4 nitrogen and oxygen atoms in total. The van der Waals surface area contributed by atoms with Crippen LogP contribution in [-0.4, -0.2) is 42.1 Å². The second-order valence-electron chi connectivity index (χ2n) is 5.28. The van der Waals surface area contributed by atoms with Crippen molar-refractivity contribution in [2.24, 2.45) is 5.92 Å². The fourth-order valence-electron chi connectivity index (χ4n) is 2.65. The van der Waals surface area contributed by atoms with Crippen molar-refractivity contribution < 1.29 is 9.59 Å². The lowest BCUT2D eigenvalue weighted by atomic mass is 10.1. The van der Waals surface area contributed by atoms with Crippen LogP contribution >= 0.6 is 12.6 Å². The Labute approximate surface area is 131 Å². The Morgan fingerprint density at radius 1 is 1.38 bits per heavy atom. The Hall–Kier alpha value is -1.49. The highest BCUT2D eigenvalue weighted by Gasteiger charge is 2.30. The largest absolute Gasteiger partial charge is 0.339 e. The molecule has 114 valence electrons. The van der Waals surface area contributed by atoms with Gasteiger partial charge in [-0.05, 0) is 43.7 Å². The van der Waals surface area contributed by atoms with Gasteiger partial charge in [0.1, 0.15) is 0 Å². The molecule has 1 saturated heterocycles. The number of carbonyl (C=O) groups is 2. The number of thiol groups is 1. The Kier molecular flexibility index (Phi) is 5.28. The van der Waals surface area contributed by atoms with E-state index in [2.05, 4.69) is 12.6 Å². The van der Waals surface area contributed by atoms with Gasteiger partial charge in [-0.1, -0.05) is 6.07 Å². The van der Waals surface area contributed by atoms with Crippen molar-refractivity contribution in [2.45, 2.75) is 20.3 Å². The summed E-state index contributed by atoms with van der Waals surface area (Å²) in [6.07, 6.45) is 0.539. The fourth-order valence-corrected chi connectivity index (χ4v) is 2.90. The molecule has 0 saturated carbocycles. The number of anilines is 1.